The molecular weight excluding hydrogens is 418 g/mol. The predicted molar refractivity (Wildman–Crippen MR) is 121 cm³/mol. The van der Waals surface area contributed by atoms with E-state index in [1.54, 1.807) is 61.5 Å². The molecule has 0 aliphatic carbocycles. The highest BCUT2D eigenvalue weighted by molar-refractivity contribution is 6.26. The van der Waals surface area contributed by atoms with Crippen LogP contribution in [0.2, 0.25) is 0 Å². The maximum atomic E-state index is 13.7. The van der Waals surface area contributed by atoms with E-state index >= 15 is 0 Å². The Hall–Kier alpha value is -4.70. The number of ether oxygens (including phenoxy) is 1. The van der Waals surface area contributed by atoms with Crippen molar-refractivity contribution in [1.29, 1.82) is 0 Å². The molecule has 0 spiro atoms. The lowest BCUT2D eigenvalue weighted by Gasteiger charge is -2.23. The number of para-hydroxylation sites is 1. The van der Waals surface area contributed by atoms with Crippen molar-refractivity contribution in [2.75, 3.05) is 11.5 Å². The molecule has 1 heterocycles. The highest BCUT2D eigenvalue weighted by Crippen LogP contribution is 2.28. The molecule has 0 aliphatic rings. The smallest absolute Gasteiger partial charge is 0.360 e. The maximum absolute atomic E-state index is 13.7. The Morgan fingerprint density at radius 1 is 0.909 bits per heavy atom. The molecule has 7 heteroatoms. The zero-order chi connectivity index (χ0) is 23.2. The number of esters is 1. The topological polar surface area (TPSA) is 81.5 Å². The Kier molecular flexibility index (Phi) is 6.28. The summed E-state index contributed by atoms with van der Waals surface area (Å²) < 4.78 is 6.68. The first-order valence-electron chi connectivity index (χ1n) is 10.2. The summed E-state index contributed by atoms with van der Waals surface area (Å²) in [5, 5.41) is 0. The number of benzene rings is 2. The van der Waals surface area contributed by atoms with Gasteiger partial charge in [-0.05, 0) is 43.3 Å². The fourth-order valence-electron chi connectivity index (χ4n) is 3.28. The van der Waals surface area contributed by atoms with Gasteiger partial charge in [0.25, 0.3) is 11.8 Å². The van der Waals surface area contributed by atoms with Gasteiger partial charge in [-0.3, -0.25) is 14.2 Å². The molecule has 0 bridgehead atoms. The Bertz CT molecular complexity index is 1220. The molecule has 0 N–H and O–H groups in total. The third kappa shape index (κ3) is 4.36. The van der Waals surface area contributed by atoms with E-state index in [1.807, 2.05) is 6.07 Å². The summed E-state index contributed by atoms with van der Waals surface area (Å²) in [6, 6.07) is 27.3. The van der Waals surface area contributed by atoms with Crippen molar-refractivity contribution >= 4 is 23.6 Å². The number of amides is 2. The van der Waals surface area contributed by atoms with Crippen LogP contribution in [-0.4, -0.2) is 33.9 Å². The number of aromatic nitrogens is 2. The van der Waals surface area contributed by atoms with Crippen LogP contribution < -0.4 is 4.90 Å². The highest BCUT2D eigenvalue weighted by atomic mass is 16.5. The van der Waals surface area contributed by atoms with Gasteiger partial charge in [0.1, 0.15) is 6.33 Å². The van der Waals surface area contributed by atoms with Crippen LogP contribution >= 0.6 is 0 Å². The molecule has 162 valence electrons. The fraction of sp³-hybridized carbons (Fsp3) is 0.0769. The molecule has 33 heavy (non-hydrogen) atoms. The summed E-state index contributed by atoms with van der Waals surface area (Å²) in [5.74, 6) is -2.01. The van der Waals surface area contributed by atoms with E-state index in [2.05, 4.69) is 17.1 Å². The summed E-state index contributed by atoms with van der Waals surface area (Å²) in [4.78, 5) is 45.3. The molecule has 4 aromatic rings. The van der Waals surface area contributed by atoms with Crippen LogP contribution in [0, 0.1) is 12.1 Å². The summed E-state index contributed by atoms with van der Waals surface area (Å²) in [6.07, 6.45) is 1.39. The second-order valence-corrected chi connectivity index (χ2v) is 6.88. The van der Waals surface area contributed by atoms with Gasteiger partial charge < -0.3 is 4.74 Å². The lowest BCUT2D eigenvalue weighted by atomic mass is 10.1. The Balaban J connectivity index is 1.96. The number of hydrogen-bond donors (Lipinski definition) is 0. The SMILES string of the molecule is CCOC(=O)c1ncn(-c2ccccc2)c1N(C(=O)c1cc#ccc1)C(=O)c1ccccc1. The Morgan fingerprint density at radius 3 is 2.21 bits per heavy atom. The number of imidazole rings is 1. The van der Waals surface area contributed by atoms with Gasteiger partial charge in [-0.1, -0.05) is 48.5 Å². The van der Waals surface area contributed by atoms with E-state index in [4.69, 9.17) is 4.74 Å². The van der Waals surface area contributed by atoms with E-state index in [9.17, 15) is 14.4 Å². The first-order valence-corrected chi connectivity index (χ1v) is 10.2. The molecule has 3 aromatic carbocycles. The van der Waals surface area contributed by atoms with Crippen molar-refractivity contribution in [3.05, 3.63) is 114 Å². The standard InChI is InChI=1S/C26H19N3O4/c1-2-33-26(32)22-23(28(18-27-22)21-16-10-5-11-17-21)29(24(30)19-12-6-3-7-13-19)25(31)20-14-8-4-9-15-20/h3,5-8,10-18H,2H2,1H3. The number of rotatable bonds is 6. The first kappa shape index (κ1) is 21.5. The van der Waals surface area contributed by atoms with Crippen LogP contribution in [0.15, 0.2) is 85.2 Å². The third-order valence-electron chi connectivity index (χ3n) is 4.79. The largest absolute Gasteiger partial charge is 0.461 e. The van der Waals surface area contributed by atoms with E-state index < -0.39 is 17.8 Å². The summed E-state index contributed by atoms with van der Waals surface area (Å²) >= 11 is 0. The van der Waals surface area contributed by atoms with Crippen LogP contribution in [0.25, 0.3) is 5.69 Å². The van der Waals surface area contributed by atoms with E-state index in [0.717, 1.165) is 4.90 Å². The number of carbonyl (C=O) groups is 3. The van der Waals surface area contributed by atoms with Gasteiger partial charge in [0.2, 0.25) is 0 Å². The normalized spacial score (nSPS) is 10.2. The summed E-state index contributed by atoms with van der Waals surface area (Å²) in [5.41, 5.74) is 0.938. The monoisotopic (exact) mass is 437 g/mol. The van der Waals surface area contributed by atoms with E-state index in [-0.39, 0.29) is 29.2 Å². The summed E-state index contributed by atoms with van der Waals surface area (Å²) in [7, 11) is 0. The average molecular weight is 437 g/mol. The van der Waals surface area contributed by atoms with Gasteiger partial charge in [-0.15, -0.1) is 0 Å². The number of imide groups is 1. The zero-order valence-electron chi connectivity index (χ0n) is 17.8. The molecular formula is C26H19N3O4. The summed E-state index contributed by atoms with van der Waals surface area (Å²) in [6.45, 7) is 1.78. The van der Waals surface area contributed by atoms with Gasteiger partial charge >= 0.3 is 5.97 Å². The Morgan fingerprint density at radius 2 is 1.58 bits per heavy atom. The van der Waals surface area contributed by atoms with Gasteiger partial charge in [0.15, 0.2) is 11.5 Å². The van der Waals surface area contributed by atoms with Crippen LogP contribution in [0.3, 0.4) is 0 Å². The van der Waals surface area contributed by atoms with Crippen molar-refractivity contribution in [2.24, 2.45) is 0 Å². The van der Waals surface area contributed by atoms with Gasteiger partial charge in [0.05, 0.1) is 6.61 Å². The molecule has 7 nitrogen and oxygen atoms in total. The van der Waals surface area contributed by atoms with Crippen LogP contribution in [0.4, 0.5) is 5.82 Å². The van der Waals surface area contributed by atoms with E-state index in [0.29, 0.717) is 5.69 Å². The van der Waals surface area contributed by atoms with Crippen molar-refractivity contribution in [2.45, 2.75) is 6.92 Å². The second-order valence-electron chi connectivity index (χ2n) is 6.88. The molecule has 0 radical (unpaired) electrons. The minimum Gasteiger partial charge on any atom is -0.461 e. The van der Waals surface area contributed by atoms with E-state index in [1.165, 1.54) is 29.1 Å². The van der Waals surface area contributed by atoms with Gasteiger partial charge in [-0.25, -0.2) is 14.7 Å². The molecule has 0 saturated carbocycles. The van der Waals surface area contributed by atoms with Crippen molar-refractivity contribution in [3.8, 4) is 5.69 Å². The molecule has 0 saturated heterocycles. The van der Waals surface area contributed by atoms with Gasteiger partial charge in [-0.2, -0.15) is 0 Å². The predicted octanol–water partition coefficient (Wildman–Crippen LogP) is 4.14. The average Bonchev–Trinajstić information content (AvgIpc) is 3.30. The van der Waals surface area contributed by atoms with Crippen LogP contribution in [0.5, 0.6) is 0 Å². The number of anilines is 1. The number of carbonyl (C=O) groups excluding carboxylic acids is 3. The molecule has 0 atom stereocenters. The molecule has 0 unspecified atom stereocenters. The number of nitrogens with zero attached hydrogens (tertiary/aromatic N) is 3. The lowest BCUT2D eigenvalue weighted by Crippen LogP contribution is -2.39. The third-order valence-corrected chi connectivity index (χ3v) is 4.79. The molecule has 4 rings (SSSR count). The molecule has 0 aliphatic heterocycles. The minimum atomic E-state index is -0.742. The van der Waals surface area contributed by atoms with Crippen molar-refractivity contribution < 1.29 is 19.1 Å². The second kappa shape index (κ2) is 9.62. The zero-order valence-corrected chi connectivity index (χ0v) is 17.8. The lowest BCUT2D eigenvalue weighted by molar-refractivity contribution is 0.0521. The van der Waals surface area contributed by atoms with Gasteiger partial charge in [0, 0.05) is 22.9 Å². The van der Waals surface area contributed by atoms with Crippen molar-refractivity contribution in [3.63, 3.8) is 0 Å². The van der Waals surface area contributed by atoms with Crippen LogP contribution in [-0.2, 0) is 4.74 Å². The maximum Gasteiger partial charge on any atom is 0.360 e. The molecule has 0 fully saturated rings. The fourth-order valence-corrected chi connectivity index (χ4v) is 3.28. The Labute approximate surface area is 190 Å². The quantitative estimate of drug-likeness (QED) is 0.335. The first-order chi connectivity index (χ1) is 16.1. The van der Waals surface area contributed by atoms with Crippen LogP contribution in [0.1, 0.15) is 38.1 Å². The minimum absolute atomic E-state index is 0.00802. The van der Waals surface area contributed by atoms with Crippen molar-refractivity contribution in [1.82, 2.24) is 9.55 Å². The number of hydrogen-bond acceptors (Lipinski definition) is 5. The highest BCUT2D eigenvalue weighted by Gasteiger charge is 2.34. The molecule has 1 aromatic heterocycles. The molecule has 2 amide bonds.